The summed E-state index contributed by atoms with van der Waals surface area (Å²) in [5.41, 5.74) is 1.06. The summed E-state index contributed by atoms with van der Waals surface area (Å²) < 4.78 is 22.3. The van der Waals surface area contributed by atoms with Crippen LogP contribution in [0.4, 0.5) is 0 Å². The van der Waals surface area contributed by atoms with E-state index in [1.54, 1.807) is 21.3 Å². The Morgan fingerprint density at radius 3 is 2.53 bits per heavy atom. The molecule has 1 atom stereocenters. The summed E-state index contributed by atoms with van der Waals surface area (Å²) in [6, 6.07) is 10.0. The number of nitrogens with one attached hydrogen (secondary N) is 1. The maximum atomic E-state index is 5.97. The van der Waals surface area contributed by atoms with Crippen molar-refractivity contribution in [2.24, 2.45) is 4.99 Å². The first-order valence-electron chi connectivity index (χ1n) is 10.6. The van der Waals surface area contributed by atoms with Gasteiger partial charge in [-0.2, -0.15) is 0 Å². The zero-order valence-electron chi connectivity index (χ0n) is 19.6. The Hall–Kier alpha value is -1.98. The van der Waals surface area contributed by atoms with Gasteiger partial charge >= 0.3 is 0 Å². The minimum atomic E-state index is 0. The van der Waals surface area contributed by atoms with Crippen molar-refractivity contribution < 1.29 is 18.6 Å². The van der Waals surface area contributed by atoms with Crippen LogP contribution >= 0.6 is 24.0 Å². The fraction of sp³-hybridized carbons (Fsp3) is 0.522. The number of ether oxygens (including phenoxy) is 3. The van der Waals surface area contributed by atoms with Crippen molar-refractivity contribution in [1.29, 1.82) is 0 Å². The molecule has 0 aliphatic carbocycles. The number of nitrogens with zero attached hydrogens (tertiary/aromatic N) is 3. The van der Waals surface area contributed by atoms with Crippen LogP contribution in [0, 0.1) is 6.92 Å². The number of aryl methyl sites for hydroxylation is 1. The van der Waals surface area contributed by atoms with Gasteiger partial charge in [0.25, 0.3) is 0 Å². The summed E-state index contributed by atoms with van der Waals surface area (Å²) in [6.07, 6.45) is 0. The molecule has 1 aliphatic heterocycles. The Bertz CT molecular complexity index is 867. The van der Waals surface area contributed by atoms with Gasteiger partial charge in [0.1, 0.15) is 23.0 Å². The third-order valence-electron chi connectivity index (χ3n) is 5.50. The largest absolute Gasteiger partial charge is 0.497 e. The first-order valence-corrected chi connectivity index (χ1v) is 10.6. The second-order valence-electron chi connectivity index (χ2n) is 7.57. The van der Waals surface area contributed by atoms with Gasteiger partial charge in [-0.1, -0.05) is 0 Å². The molecule has 8 nitrogen and oxygen atoms in total. The summed E-state index contributed by atoms with van der Waals surface area (Å²) in [4.78, 5) is 8.96. The highest BCUT2D eigenvalue weighted by Crippen LogP contribution is 2.26. The van der Waals surface area contributed by atoms with Crippen LogP contribution in [0.25, 0.3) is 0 Å². The standard InChI is InChI=1S/C23H34N4O4.HI/c1-17-6-9-21(31-17)20(27-10-12-30-13-11-27)15-25-23(24-2)26(3)16-18-7-8-19(28-4)14-22(18)29-5;/h6-9,14,20H,10-13,15-16H2,1-5H3,(H,24,25);1H. The quantitative estimate of drug-likeness (QED) is 0.303. The molecular weight excluding hydrogens is 523 g/mol. The molecule has 0 bridgehead atoms. The molecular formula is C23H35IN4O4. The highest BCUT2D eigenvalue weighted by molar-refractivity contribution is 14.0. The van der Waals surface area contributed by atoms with Crippen LogP contribution in [0.1, 0.15) is 23.1 Å². The lowest BCUT2D eigenvalue weighted by Crippen LogP contribution is -2.46. The van der Waals surface area contributed by atoms with Gasteiger partial charge in [-0.25, -0.2) is 0 Å². The first kappa shape index (κ1) is 26.3. The van der Waals surface area contributed by atoms with E-state index in [1.165, 1.54) is 0 Å². The molecule has 0 saturated carbocycles. The second-order valence-corrected chi connectivity index (χ2v) is 7.57. The smallest absolute Gasteiger partial charge is 0.193 e. The lowest BCUT2D eigenvalue weighted by molar-refractivity contribution is 0.0123. The number of morpholine rings is 1. The van der Waals surface area contributed by atoms with Gasteiger partial charge < -0.3 is 28.8 Å². The number of benzene rings is 1. The third-order valence-corrected chi connectivity index (χ3v) is 5.50. The van der Waals surface area contributed by atoms with E-state index in [2.05, 4.69) is 26.2 Å². The average Bonchev–Trinajstić information content (AvgIpc) is 3.23. The van der Waals surface area contributed by atoms with Crippen LogP contribution in [-0.2, 0) is 11.3 Å². The number of hydrogen-bond donors (Lipinski definition) is 1. The van der Waals surface area contributed by atoms with Crippen molar-refractivity contribution in [3.05, 3.63) is 47.4 Å². The van der Waals surface area contributed by atoms with Crippen LogP contribution in [0.5, 0.6) is 11.5 Å². The molecule has 2 aromatic rings. The van der Waals surface area contributed by atoms with Crippen molar-refractivity contribution in [3.8, 4) is 11.5 Å². The van der Waals surface area contributed by atoms with Crippen molar-refractivity contribution in [2.45, 2.75) is 19.5 Å². The molecule has 0 radical (unpaired) electrons. The second kappa shape index (κ2) is 12.9. The SMILES string of the molecule is CN=C(NCC(c1ccc(C)o1)N1CCOCC1)N(C)Cc1ccc(OC)cc1OC.I. The number of rotatable bonds is 8. The van der Waals surface area contributed by atoms with Crippen molar-refractivity contribution >= 4 is 29.9 Å². The number of guanidine groups is 1. The number of furan rings is 1. The summed E-state index contributed by atoms with van der Waals surface area (Å²) in [6.45, 7) is 6.54. The van der Waals surface area contributed by atoms with Gasteiger partial charge in [0, 0.05) is 51.9 Å². The Kier molecular flexibility index (Phi) is 10.6. The van der Waals surface area contributed by atoms with Crippen LogP contribution in [0.15, 0.2) is 39.7 Å². The van der Waals surface area contributed by atoms with E-state index in [-0.39, 0.29) is 30.0 Å². The van der Waals surface area contributed by atoms with E-state index >= 15 is 0 Å². The Morgan fingerprint density at radius 2 is 1.94 bits per heavy atom. The van der Waals surface area contributed by atoms with Crippen LogP contribution < -0.4 is 14.8 Å². The normalized spacial score (nSPS) is 15.6. The first-order chi connectivity index (χ1) is 15.0. The molecule has 1 fully saturated rings. The van der Waals surface area contributed by atoms with Crippen LogP contribution in [-0.4, -0.2) is 76.9 Å². The van der Waals surface area contributed by atoms with Gasteiger partial charge in [0.05, 0.1) is 33.5 Å². The summed E-state index contributed by atoms with van der Waals surface area (Å²) >= 11 is 0. The minimum Gasteiger partial charge on any atom is -0.497 e. The molecule has 1 unspecified atom stereocenters. The van der Waals surface area contributed by atoms with Crippen LogP contribution in [0.3, 0.4) is 0 Å². The number of methoxy groups -OCH3 is 2. The lowest BCUT2D eigenvalue weighted by Gasteiger charge is -2.34. The van der Waals surface area contributed by atoms with E-state index in [9.17, 15) is 0 Å². The van der Waals surface area contributed by atoms with E-state index in [4.69, 9.17) is 18.6 Å². The molecule has 1 saturated heterocycles. The van der Waals surface area contributed by atoms with Gasteiger partial charge in [-0.05, 0) is 31.2 Å². The number of hydrogen-bond acceptors (Lipinski definition) is 6. The highest BCUT2D eigenvalue weighted by Gasteiger charge is 2.26. The third kappa shape index (κ3) is 6.76. The molecule has 0 amide bonds. The molecule has 1 aliphatic rings. The molecule has 0 spiro atoms. The predicted molar refractivity (Wildman–Crippen MR) is 136 cm³/mol. The van der Waals surface area contributed by atoms with E-state index < -0.39 is 0 Å². The van der Waals surface area contributed by atoms with E-state index in [0.717, 1.165) is 60.8 Å². The Labute approximate surface area is 207 Å². The molecule has 178 valence electrons. The summed E-state index contributed by atoms with van der Waals surface area (Å²) in [5, 5.41) is 3.52. The zero-order valence-corrected chi connectivity index (χ0v) is 21.9. The lowest BCUT2D eigenvalue weighted by atomic mass is 10.1. The zero-order chi connectivity index (χ0) is 22.2. The summed E-state index contributed by atoms with van der Waals surface area (Å²) in [7, 11) is 7.13. The maximum absolute atomic E-state index is 5.97. The van der Waals surface area contributed by atoms with Crippen molar-refractivity contribution in [1.82, 2.24) is 15.1 Å². The fourth-order valence-electron chi connectivity index (χ4n) is 3.82. The molecule has 2 heterocycles. The molecule has 9 heteroatoms. The Balaban J connectivity index is 0.00000363. The molecule has 32 heavy (non-hydrogen) atoms. The molecule has 1 N–H and O–H groups in total. The Morgan fingerprint density at radius 1 is 1.19 bits per heavy atom. The van der Waals surface area contributed by atoms with Gasteiger partial charge in [0.15, 0.2) is 5.96 Å². The molecule has 1 aromatic carbocycles. The number of aliphatic imine (C=N–C) groups is 1. The van der Waals surface area contributed by atoms with E-state index in [1.807, 2.05) is 38.2 Å². The van der Waals surface area contributed by atoms with Gasteiger partial charge in [0.2, 0.25) is 0 Å². The maximum Gasteiger partial charge on any atom is 0.193 e. The molecule has 1 aromatic heterocycles. The summed E-state index contributed by atoms with van der Waals surface area (Å²) in [5.74, 6) is 4.24. The topological polar surface area (TPSA) is 71.7 Å². The van der Waals surface area contributed by atoms with Gasteiger partial charge in [-0.3, -0.25) is 9.89 Å². The highest BCUT2D eigenvalue weighted by atomic mass is 127. The van der Waals surface area contributed by atoms with E-state index in [0.29, 0.717) is 13.1 Å². The predicted octanol–water partition coefficient (Wildman–Crippen LogP) is 3.30. The monoisotopic (exact) mass is 558 g/mol. The van der Waals surface area contributed by atoms with Crippen LogP contribution in [0.2, 0.25) is 0 Å². The van der Waals surface area contributed by atoms with Gasteiger partial charge in [-0.15, -0.1) is 24.0 Å². The minimum absolute atomic E-state index is 0. The van der Waals surface area contributed by atoms with Crippen molar-refractivity contribution in [2.75, 3.05) is 61.2 Å². The fourth-order valence-corrected chi connectivity index (χ4v) is 3.82. The average molecular weight is 558 g/mol. The number of halogens is 1. The van der Waals surface area contributed by atoms with Crippen molar-refractivity contribution in [3.63, 3.8) is 0 Å². The molecule has 3 rings (SSSR count).